The molecule has 0 radical (unpaired) electrons. The third-order valence-electron chi connectivity index (χ3n) is 4.56. The van der Waals surface area contributed by atoms with Crippen LogP contribution in [-0.2, 0) is 19.1 Å². The van der Waals surface area contributed by atoms with E-state index in [1.807, 2.05) is 0 Å². The fraction of sp³-hybridized carbons (Fsp3) is 0.500. The highest BCUT2D eigenvalue weighted by molar-refractivity contribution is 6.14. The number of ether oxygens (including phenoxy) is 2. The Kier molecular flexibility index (Phi) is 5.03. The second kappa shape index (κ2) is 7.23. The van der Waals surface area contributed by atoms with Gasteiger partial charge in [-0.1, -0.05) is 12.1 Å². The lowest BCUT2D eigenvalue weighted by Crippen LogP contribution is -2.47. The van der Waals surface area contributed by atoms with E-state index in [1.165, 1.54) is 0 Å². The predicted octanol–water partition coefficient (Wildman–Crippen LogP) is 1.44. The van der Waals surface area contributed by atoms with E-state index in [2.05, 4.69) is 5.32 Å². The minimum atomic E-state index is -1.01. The number of morpholine rings is 1. The molecule has 2 fully saturated rings. The van der Waals surface area contributed by atoms with Gasteiger partial charge in [0.05, 0.1) is 31.1 Å². The first-order valence-corrected chi connectivity index (χ1v) is 8.53. The van der Waals surface area contributed by atoms with Crippen LogP contribution in [0.2, 0.25) is 0 Å². The van der Waals surface area contributed by atoms with Crippen LogP contribution in [0.25, 0.3) is 0 Å². The van der Waals surface area contributed by atoms with Crippen LogP contribution in [0.4, 0.5) is 5.69 Å². The van der Waals surface area contributed by atoms with Gasteiger partial charge in [-0.15, -0.1) is 0 Å². The van der Waals surface area contributed by atoms with Gasteiger partial charge in [0.2, 0.25) is 11.8 Å². The van der Waals surface area contributed by atoms with E-state index >= 15 is 0 Å². The zero-order valence-corrected chi connectivity index (χ0v) is 14.2. The summed E-state index contributed by atoms with van der Waals surface area (Å²) in [6, 6.07) is 6.66. The molecule has 0 unspecified atom stereocenters. The second-order valence-corrected chi connectivity index (χ2v) is 6.21. The number of nitrogens with one attached hydrogen (secondary N) is 1. The number of esters is 1. The smallest absolute Gasteiger partial charge is 0.340 e. The number of hydrogen-bond acceptors (Lipinski definition) is 5. The Morgan fingerprint density at radius 1 is 1.20 bits per heavy atom. The summed E-state index contributed by atoms with van der Waals surface area (Å²) in [6.45, 7) is 3.98. The van der Waals surface area contributed by atoms with Gasteiger partial charge < -0.3 is 19.7 Å². The topological polar surface area (TPSA) is 84.9 Å². The summed E-state index contributed by atoms with van der Waals surface area (Å²) in [5.41, 5.74) is -0.363. The van der Waals surface area contributed by atoms with Crippen molar-refractivity contribution < 1.29 is 23.9 Å². The first kappa shape index (κ1) is 17.4. The Morgan fingerprint density at radius 2 is 1.88 bits per heavy atom. The van der Waals surface area contributed by atoms with E-state index < -0.39 is 11.4 Å². The zero-order valence-electron chi connectivity index (χ0n) is 14.2. The molecule has 2 amide bonds. The summed E-state index contributed by atoms with van der Waals surface area (Å²) in [7, 11) is 0. The highest BCUT2D eigenvalue weighted by Gasteiger charge is 2.58. The molecule has 3 rings (SSSR count). The number of amides is 2. The van der Waals surface area contributed by atoms with Gasteiger partial charge in [-0.3, -0.25) is 9.59 Å². The molecule has 1 aliphatic heterocycles. The van der Waals surface area contributed by atoms with Crippen molar-refractivity contribution >= 4 is 23.5 Å². The van der Waals surface area contributed by atoms with Gasteiger partial charge in [0, 0.05) is 13.1 Å². The molecule has 134 valence electrons. The van der Waals surface area contributed by atoms with Crippen LogP contribution in [0.15, 0.2) is 24.3 Å². The number of carbonyl (C=O) groups excluding carboxylic acids is 3. The molecule has 7 nitrogen and oxygen atoms in total. The highest BCUT2D eigenvalue weighted by Crippen LogP contribution is 2.48. The molecule has 0 spiro atoms. The van der Waals surface area contributed by atoms with Crippen molar-refractivity contribution in [2.45, 2.75) is 19.8 Å². The standard InChI is InChI=1S/C18H22N2O5/c1-2-25-15(21)13-5-3-4-6-14(13)19-16(22)18(7-8-18)17(23)20-9-11-24-12-10-20/h3-6H,2,7-12H2,1H3,(H,19,22). The largest absolute Gasteiger partial charge is 0.462 e. The van der Waals surface area contributed by atoms with Gasteiger partial charge in [0.1, 0.15) is 5.41 Å². The molecular weight excluding hydrogens is 324 g/mol. The predicted molar refractivity (Wildman–Crippen MR) is 90.1 cm³/mol. The fourth-order valence-electron chi connectivity index (χ4n) is 2.95. The average molecular weight is 346 g/mol. The summed E-state index contributed by atoms with van der Waals surface area (Å²) in [6.07, 6.45) is 1.05. The average Bonchev–Trinajstić information content (AvgIpc) is 3.44. The molecule has 1 saturated carbocycles. The van der Waals surface area contributed by atoms with Gasteiger partial charge in [-0.2, -0.15) is 0 Å². The second-order valence-electron chi connectivity index (χ2n) is 6.21. The Labute approximate surface area is 146 Å². The van der Waals surface area contributed by atoms with E-state index in [0.29, 0.717) is 44.8 Å². The summed E-state index contributed by atoms with van der Waals surface area (Å²) in [4.78, 5) is 39.2. The molecule has 1 heterocycles. The summed E-state index contributed by atoms with van der Waals surface area (Å²) >= 11 is 0. The van der Waals surface area contributed by atoms with Crippen LogP contribution in [0.1, 0.15) is 30.1 Å². The van der Waals surface area contributed by atoms with Gasteiger partial charge in [0.15, 0.2) is 0 Å². The van der Waals surface area contributed by atoms with Crippen LogP contribution >= 0.6 is 0 Å². The molecule has 1 saturated heterocycles. The lowest BCUT2D eigenvalue weighted by Gasteiger charge is -2.30. The molecule has 0 bridgehead atoms. The number of anilines is 1. The van der Waals surface area contributed by atoms with Crippen molar-refractivity contribution in [1.29, 1.82) is 0 Å². The molecule has 2 aliphatic rings. The summed E-state index contributed by atoms with van der Waals surface area (Å²) in [5.74, 6) is -1.01. The van der Waals surface area contributed by atoms with Gasteiger partial charge in [-0.05, 0) is 31.9 Å². The first-order valence-electron chi connectivity index (χ1n) is 8.53. The third-order valence-corrected chi connectivity index (χ3v) is 4.56. The van der Waals surface area contributed by atoms with E-state index in [-0.39, 0.29) is 24.0 Å². The van der Waals surface area contributed by atoms with Crippen molar-refractivity contribution in [3.05, 3.63) is 29.8 Å². The monoisotopic (exact) mass is 346 g/mol. The summed E-state index contributed by atoms with van der Waals surface area (Å²) in [5, 5.41) is 2.75. The fourth-order valence-corrected chi connectivity index (χ4v) is 2.95. The number of nitrogens with zero attached hydrogens (tertiary/aromatic N) is 1. The third kappa shape index (κ3) is 3.51. The van der Waals surface area contributed by atoms with Gasteiger partial charge in [0.25, 0.3) is 0 Å². The Morgan fingerprint density at radius 3 is 2.52 bits per heavy atom. The molecular formula is C18H22N2O5. The van der Waals surface area contributed by atoms with E-state index in [0.717, 1.165) is 0 Å². The van der Waals surface area contributed by atoms with Crippen molar-refractivity contribution in [3.8, 4) is 0 Å². The Hall–Kier alpha value is -2.41. The van der Waals surface area contributed by atoms with Crippen LogP contribution in [-0.4, -0.2) is 55.6 Å². The number of rotatable bonds is 5. The lowest BCUT2D eigenvalue weighted by atomic mass is 10.0. The van der Waals surface area contributed by atoms with Gasteiger partial charge >= 0.3 is 5.97 Å². The molecule has 0 aromatic heterocycles. The van der Waals surface area contributed by atoms with Crippen molar-refractivity contribution in [1.82, 2.24) is 4.90 Å². The minimum absolute atomic E-state index is 0.151. The zero-order chi connectivity index (χ0) is 17.9. The van der Waals surface area contributed by atoms with Crippen LogP contribution in [0.5, 0.6) is 0 Å². The van der Waals surface area contributed by atoms with Crippen LogP contribution in [0, 0.1) is 5.41 Å². The minimum Gasteiger partial charge on any atom is -0.462 e. The maximum absolute atomic E-state index is 12.8. The molecule has 25 heavy (non-hydrogen) atoms. The number of para-hydroxylation sites is 1. The molecule has 7 heteroatoms. The Balaban J connectivity index is 1.74. The lowest BCUT2D eigenvalue weighted by molar-refractivity contribution is -0.145. The molecule has 1 aliphatic carbocycles. The van der Waals surface area contributed by atoms with E-state index in [9.17, 15) is 14.4 Å². The molecule has 1 aromatic rings. The van der Waals surface area contributed by atoms with Gasteiger partial charge in [-0.25, -0.2) is 4.79 Å². The number of carbonyl (C=O) groups is 3. The first-order chi connectivity index (χ1) is 12.1. The maximum Gasteiger partial charge on any atom is 0.340 e. The number of hydrogen-bond donors (Lipinski definition) is 1. The maximum atomic E-state index is 12.8. The normalized spacial score (nSPS) is 18.4. The Bertz CT molecular complexity index is 678. The van der Waals surface area contributed by atoms with Crippen molar-refractivity contribution in [3.63, 3.8) is 0 Å². The molecule has 0 atom stereocenters. The SMILES string of the molecule is CCOC(=O)c1ccccc1NC(=O)C1(C(=O)N2CCOCC2)CC1. The van der Waals surface area contributed by atoms with Crippen LogP contribution < -0.4 is 5.32 Å². The van der Waals surface area contributed by atoms with E-state index in [4.69, 9.17) is 9.47 Å². The molecule has 1 aromatic carbocycles. The van der Waals surface area contributed by atoms with E-state index in [1.54, 1.807) is 36.1 Å². The quantitative estimate of drug-likeness (QED) is 0.644. The molecule has 1 N–H and O–H groups in total. The van der Waals surface area contributed by atoms with Crippen LogP contribution in [0.3, 0.4) is 0 Å². The van der Waals surface area contributed by atoms with Crippen molar-refractivity contribution in [2.24, 2.45) is 5.41 Å². The number of benzene rings is 1. The van der Waals surface area contributed by atoms with Crippen molar-refractivity contribution in [2.75, 3.05) is 38.2 Å². The highest BCUT2D eigenvalue weighted by atomic mass is 16.5. The summed E-state index contributed by atoms with van der Waals surface area (Å²) < 4.78 is 10.3.